The average molecular weight is 310 g/mol. The van der Waals surface area contributed by atoms with E-state index in [4.69, 9.17) is 0 Å². The van der Waals surface area contributed by atoms with Crippen LogP contribution in [-0.4, -0.2) is 61.1 Å². The summed E-state index contributed by atoms with van der Waals surface area (Å²) in [6.45, 7) is 5.16. The van der Waals surface area contributed by atoms with Crippen LogP contribution in [0.2, 0.25) is 0 Å². The van der Waals surface area contributed by atoms with Gasteiger partial charge in [0.1, 0.15) is 0 Å². The van der Waals surface area contributed by atoms with E-state index in [2.05, 4.69) is 10.6 Å². The molecular weight excluding hydrogens is 280 g/mol. The fourth-order valence-electron chi connectivity index (χ4n) is 3.11. The SMILES string of the molecule is O=C1NCCN1CCCCCCCCCCN1CCNC1=O. The zero-order valence-corrected chi connectivity index (χ0v) is 13.6. The minimum absolute atomic E-state index is 0.103. The molecule has 0 atom stereocenters. The van der Waals surface area contributed by atoms with Crippen LogP contribution in [0.15, 0.2) is 0 Å². The predicted molar refractivity (Wildman–Crippen MR) is 86.9 cm³/mol. The van der Waals surface area contributed by atoms with Gasteiger partial charge < -0.3 is 20.4 Å². The van der Waals surface area contributed by atoms with Crippen molar-refractivity contribution in [2.45, 2.75) is 51.4 Å². The van der Waals surface area contributed by atoms with Gasteiger partial charge in [0.15, 0.2) is 0 Å². The monoisotopic (exact) mass is 310 g/mol. The number of hydrogen-bond donors (Lipinski definition) is 2. The first-order chi connectivity index (χ1) is 10.8. The van der Waals surface area contributed by atoms with Crippen molar-refractivity contribution in [3.63, 3.8) is 0 Å². The van der Waals surface area contributed by atoms with Crippen LogP contribution in [0, 0.1) is 0 Å². The Kier molecular flexibility index (Phi) is 7.33. The Bertz CT molecular complexity index is 328. The molecular formula is C16H30N4O2. The second-order valence-electron chi connectivity index (χ2n) is 6.27. The van der Waals surface area contributed by atoms with Crippen LogP contribution in [-0.2, 0) is 0 Å². The molecule has 6 nitrogen and oxygen atoms in total. The first-order valence-electron chi connectivity index (χ1n) is 8.83. The smallest absolute Gasteiger partial charge is 0.317 e. The maximum Gasteiger partial charge on any atom is 0.317 e. The second-order valence-corrected chi connectivity index (χ2v) is 6.27. The van der Waals surface area contributed by atoms with Gasteiger partial charge in [-0.1, -0.05) is 38.5 Å². The van der Waals surface area contributed by atoms with Gasteiger partial charge in [-0.3, -0.25) is 0 Å². The number of carbonyl (C=O) groups excluding carboxylic acids is 2. The van der Waals surface area contributed by atoms with E-state index in [1.807, 2.05) is 9.80 Å². The molecule has 2 saturated heterocycles. The van der Waals surface area contributed by atoms with Crippen molar-refractivity contribution in [1.82, 2.24) is 20.4 Å². The lowest BCUT2D eigenvalue weighted by Crippen LogP contribution is -2.28. The van der Waals surface area contributed by atoms with Gasteiger partial charge >= 0.3 is 12.1 Å². The summed E-state index contributed by atoms with van der Waals surface area (Å²) in [6, 6.07) is 0.207. The van der Waals surface area contributed by atoms with E-state index in [0.717, 1.165) is 52.1 Å². The molecule has 0 saturated carbocycles. The highest BCUT2D eigenvalue weighted by molar-refractivity contribution is 5.76. The van der Waals surface area contributed by atoms with Crippen LogP contribution in [0.1, 0.15) is 51.4 Å². The van der Waals surface area contributed by atoms with Gasteiger partial charge in [0.2, 0.25) is 0 Å². The van der Waals surface area contributed by atoms with Crippen LogP contribution in [0.5, 0.6) is 0 Å². The normalized spacial score (nSPS) is 18.0. The highest BCUT2D eigenvalue weighted by atomic mass is 16.2. The maximum atomic E-state index is 11.3. The summed E-state index contributed by atoms with van der Waals surface area (Å²) >= 11 is 0. The number of unbranched alkanes of at least 4 members (excludes halogenated alkanes) is 7. The standard InChI is InChI=1S/C16H30N4O2/c21-15-17-9-13-19(15)11-7-5-3-1-2-4-6-8-12-20-14-10-18-16(20)22/h1-14H2,(H,17,21)(H,18,22). The van der Waals surface area contributed by atoms with Crippen LogP contribution < -0.4 is 10.6 Å². The van der Waals surface area contributed by atoms with Crippen LogP contribution >= 0.6 is 0 Å². The number of nitrogens with one attached hydrogen (secondary N) is 2. The quantitative estimate of drug-likeness (QED) is 0.574. The van der Waals surface area contributed by atoms with Crippen LogP contribution in [0.3, 0.4) is 0 Å². The molecule has 0 aliphatic carbocycles. The number of urea groups is 2. The van der Waals surface area contributed by atoms with Crippen LogP contribution in [0.25, 0.3) is 0 Å². The molecule has 126 valence electrons. The van der Waals surface area contributed by atoms with Crippen molar-refractivity contribution in [2.24, 2.45) is 0 Å². The van der Waals surface area contributed by atoms with Gasteiger partial charge in [-0.25, -0.2) is 9.59 Å². The van der Waals surface area contributed by atoms with E-state index < -0.39 is 0 Å². The maximum absolute atomic E-state index is 11.3. The predicted octanol–water partition coefficient (Wildman–Crippen LogP) is 2.16. The summed E-state index contributed by atoms with van der Waals surface area (Å²) in [5.74, 6) is 0. The van der Waals surface area contributed by atoms with Gasteiger partial charge in [-0.2, -0.15) is 0 Å². The highest BCUT2D eigenvalue weighted by Crippen LogP contribution is 2.10. The number of rotatable bonds is 11. The molecule has 0 unspecified atom stereocenters. The van der Waals surface area contributed by atoms with Gasteiger partial charge in [0, 0.05) is 39.3 Å². The Hall–Kier alpha value is -1.46. The molecule has 2 aliphatic rings. The van der Waals surface area contributed by atoms with Crippen LogP contribution in [0.4, 0.5) is 9.59 Å². The third-order valence-corrected chi connectivity index (χ3v) is 4.50. The Labute approximate surface area is 133 Å². The molecule has 6 heteroatoms. The Morgan fingerprint density at radius 1 is 0.636 bits per heavy atom. The van der Waals surface area contributed by atoms with E-state index in [9.17, 15) is 9.59 Å². The van der Waals surface area contributed by atoms with Crippen molar-refractivity contribution in [1.29, 1.82) is 0 Å². The zero-order valence-electron chi connectivity index (χ0n) is 13.6. The van der Waals surface area contributed by atoms with Crippen molar-refractivity contribution >= 4 is 12.1 Å². The molecule has 0 aromatic rings. The Balaban J connectivity index is 1.33. The van der Waals surface area contributed by atoms with Gasteiger partial charge in [0.25, 0.3) is 0 Å². The number of amides is 4. The second kappa shape index (κ2) is 9.54. The summed E-state index contributed by atoms with van der Waals surface area (Å²) in [5.41, 5.74) is 0. The number of carbonyl (C=O) groups is 2. The average Bonchev–Trinajstić information content (AvgIpc) is 3.10. The number of nitrogens with zero attached hydrogens (tertiary/aromatic N) is 2. The summed E-state index contributed by atoms with van der Waals surface area (Å²) in [7, 11) is 0. The van der Waals surface area contributed by atoms with Crippen molar-refractivity contribution in [3.8, 4) is 0 Å². The summed E-state index contributed by atoms with van der Waals surface area (Å²) in [6.07, 6.45) is 9.80. The lowest BCUT2D eigenvalue weighted by molar-refractivity contribution is 0.215. The van der Waals surface area contributed by atoms with E-state index in [1.165, 1.54) is 38.5 Å². The molecule has 0 radical (unpaired) electrons. The molecule has 0 spiro atoms. The van der Waals surface area contributed by atoms with Crippen molar-refractivity contribution in [3.05, 3.63) is 0 Å². The fraction of sp³-hybridized carbons (Fsp3) is 0.875. The Morgan fingerprint density at radius 3 is 1.32 bits per heavy atom. The first kappa shape index (κ1) is 16.9. The summed E-state index contributed by atoms with van der Waals surface area (Å²) < 4.78 is 0. The summed E-state index contributed by atoms with van der Waals surface area (Å²) in [4.78, 5) is 26.5. The molecule has 2 rings (SSSR count). The molecule has 0 aromatic heterocycles. The first-order valence-corrected chi connectivity index (χ1v) is 8.83. The van der Waals surface area contributed by atoms with E-state index >= 15 is 0 Å². The van der Waals surface area contributed by atoms with Crippen molar-refractivity contribution < 1.29 is 9.59 Å². The largest absolute Gasteiger partial charge is 0.336 e. The molecule has 22 heavy (non-hydrogen) atoms. The molecule has 2 N–H and O–H groups in total. The van der Waals surface area contributed by atoms with E-state index in [-0.39, 0.29) is 12.1 Å². The lowest BCUT2D eigenvalue weighted by atomic mass is 10.1. The molecule has 2 fully saturated rings. The number of hydrogen-bond acceptors (Lipinski definition) is 2. The molecule has 0 bridgehead atoms. The molecule has 2 aliphatic heterocycles. The van der Waals surface area contributed by atoms with E-state index in [1.54, 1.807) is 0 Å². The molecule has 0 aromatic carbocycles. The van der Waals surface area contributed by atoms with Gasteiger partial charge in [-0.05, 0) is 12.8 Å². The zero-order chi connectivity index (χ0) is 15.6. The van der Waals surface area contributed by atoms with Gasteiger partial charge in [-0.15, -0.1) is 0 Å². The highest BCUT2D eigenvalue weighted by Gasteiger charge is 2.18. The Morgan fingerprint density at radius 2 is 1.00 bits per heavy atom. The van der Waals surface area contributed by atoms with Gasteiger partial charge in [0.05, 0.1) is 0 Å². The van der Waals surface area contributed by atoms with Crippen molar-refractivity contribution in [2.75, 3.05) is 39.3 Å². The third-order valence-electron chi connectivity index (χ3n) is 4.50. The fourth-order valence-corrected chi connectivity index (χ4v) is 3.11. The van der Waals surface area contributed by atoms with E-state index in [0.29, 0.717) is 0 Å². The topological polar surface area (TPSA) is 64.7 Å². The minimum Gasteiger partial charge on any atom is -0.336 e. The lowest BCUT2D eigenvalue weighted by Gasteiger charge is -2.13. The summed E-state index contributed by atoms with van der Waals surface area (Å²) in [5, 5.41) is 5.66. The third kappa shape index (κ3) is 5.73. The molecule has 4 amide bonds. The minimum atomic E-state index is 0.103. The molecule has 2 heterocycles.